The van der Waals surface area contributed by atoms with Crippen molar-refractivity contribution < 1.29 is 19.7 Å². The number of unbranched alkanes of at least 4 members (excludes halogenated alkanes) is 2. The van der Waals surface area contributed by atoms with Crippen molar-refractivity contribution in [2.24, 2.45) is 5.92 Å². The van der Waals surface area contributed by atoms with Gasteiger partial charge in [0.2, 0.25) is 0 Å². The zero-order valence-corrected chi connectivity index (χ0v) is 16.8. The number of phenols is 1. The van der Waals surface area contributed by atoms with Crippen LogP contribution in [-0.4, -0.2) is 22.8 Å². The summed E-state index contributed by atoms with van der Waals surface area (Å²) >= 11 is 0. The lowest BCUT2D eigenvalue weighted by atomic mass is 9.73. The number of hydrogen-bond acceptors (Lipinski definition) is 4. The molecule has 0 spiro atoms. The van der Waals surface area contributed by atoms with E-state index in [1.165, 1.54) is 5.57 Å². The largest absolute Gasteiger partial charge is 0.507 e. The molecule has 0 heterocycles. The highest BCUT2D eigenvalue weighted by Gasteiger charge is 2.31. The van der Waals surface area contributed by atoms with Crippen molar-refractivity contribution >= 4 is 5.97 Å². The molecule has 0 saturated carbocycles. The van der Waals surface area contributed by atoms with Crippen LogP contribution in [0, 0.1) is 5.92 Å². The van der Waals surface area contributed by atoms with Crippen LogP contribution in [-0.2, 0) is 11.2 Å². The van der Waals surface area contributed by atoms with Crippen molar-refractivity contribution in [3.8, 4) is 11.5 Å². The quantitative estimate of drug-likeness (QED) is 0.290. The molecular weight excluding hydrogens is 340 g/mol. The van der Waals surface area contributed by atoms with Gasteiger partial charge in [-0.05, 0) is 63.1 Å². The first-order valence-electron chi connectivity index (χ1n) is 9.87. The van der Waals surface area contributed by atoms with Gasteiger partial charge >= 0.3 is 5.97 Å². The second kappa shape index (κ2) is 9.75. The lowest BCUT2D eigenvalue weighted by Crippen LogP contribution is -2.20. The molecule has 0 aliphatic heterocycles. The first-order valence-corrected chi connectivity index (χ1v) is 9.87. The molecule has 0 aromatic heterocycles. The summed E-state index contributed by atoms with van der Waals surface area (Å²) < 4.78 is 5.43. The number of aromatic hydroxyl groups is 1. The van der Waals surface area contributed by atoms with Crippen molar-refractivity contribution in [2.45, 2.75) is 65.2 Å². The minimum Gasteiger partial charge on any atom is -0.507 e. The van der Waals surface area contributed by atoms with Gasteiger partial charge in [0.1, 0.15) is 18.1 Å². The van der Waals surface area contributed by atoms with E-state index in [2.05, 4.69) is 26.5 Å². The smallest absolute Gasteiger partial charge is 0.337 e. The zero-order chi connectivity index (χ0) is 20.0. The third-order valence-corrected chi connectivity index (χ3v) is 5.32. The fourth-order valence-corrected chi connectivity index (χ4v) is 3.87. The van der Waals surface area contributed by atoms with Crippen LogP contribution in [0.3, 0.4) is 0 Å². The van der Waals surface area contributed by atoms with Crippen LogP contribution in [0.25, 0.3) is 0 Å². The number of carbonyl (C=O) groups is 1. The maximum Gasteiger partial charge on any atom is 0.337 e. The van der Waals surface area contributed by atoms with E-state index in [-0.39, 0.29) is 17.6 Å². The molecule has 1 aliphatic rings. The first kappa shape index (κ1) is 21.2. The molecule has 148 valence electrons. The van der Waals surface area contributed by atoms with Crippen molar-refractivity contribution in [2.75, 3.05) is 6.61 Å². The summed E-state index contributed by atoms with van der Waals surface area (Å²) in [5.74, 6) is -0.140. The molecule has 0 radical (unpaired) electrons. The maximum atomic E-state index is 11.8. The molecular formula is C23H32O4. The van der Waals surface area contributed by atoms with Gasteiger partial charge in [0.05, 0.1) is 0 Å². The van der Waals surface area contributed by atoms with Crippen LogP contribution in [0.15, 0.2) is 35.9 Å². The Hall–Kier alpha value is -2.07. The molecule has 2 atom stereocenters. The number of carbonyl (C=O) groups excluding carboxylic acids is 1. The van der Waals surface area contributed by atoms with Gasteiger partial charge in [-0.25, -0.2) is 4.79 Å². The Bertz CT molecular complexity index is 717. The third-order valence-electron chi connectivity index (χ3n) is 5.32. The average molecular weight is 373 g/mol. The van der Waals surface area contributed by atoms with Gasteiger partial charge < -0.3 is 14.9 Å². The van der Waals surface area contributed by atoms with Gasteiger partial charge in [-0.3, -0.25) is 0 Å². The van der Waals surface area contributed by atoms with Crippen molar-refractivity contribution in [3.05, 3.63) is 47.1 Å². The number of esters is 1. The van der Waals surface area contributed by atoms with E-state index in [1.807, 2.05) is 13.0 Å². The second-order valence-electron chi connectivity index (χ2n) is 7.65. The molecule has 0 fully saturated rings. The molecule has 1 aromatic rings. The van der Waals surface area contributed by atoms with E-state index in [4.69, 9.17) is 9.84 Å². The van der Waals surface area contributed by atoms with Crippen LogP contribution < -0.4 is 4.74 Å². The molecule has 2 N–H and O–H groups in total. The van der Waals surface area contributed by atoms with Gasteiger partial charge in [0.25, 0.3) is 0 Å². The van der Waals surface area contributed by atoms with E-state index >= 15 is 0 Å². The van der Waals surface area contributed by atoms with Gasteiger partial charge in [0, 0.05) is 11.5 Å². The number of ether oxygens (including phenoxy) is 1. The molecule has 0 amide bonds. The van der Waals surface area contributed by atoms with Gasteiger partial charge in [-0.1, -0.05) is 43.6 Å². The minimum atomic E-state index is -0.718. The van der Waals surface area contributed by atoms with E-state index < -0.39 is 12.6 Å². The minimum absolute atomic E-state index is 0.0950. The number of allylic oxidation sites excluding steroid dienone is 3. The SMILES string of the molecule is C=C(C)C1CCC(C)=CC1c1c(O)cc(CCCCC)cc1OC(=O)CO. The number of aliphatic hydroxyl groups excluding tert-OH is 1. The molecule has 4 nitrogen and oxygen atoms in total. The van der Waals surface area contributed by atoms with Crippen molar-refractivity contribution in [1.82, 2.24) is 0 Å². The molecule has 1 aliphatic carbocycles. The van der Waals surface area contributed by atoms with E-state index in [0.717, 1.165) is 49.7 Å². The summed E-state index contributed by atoms with van der Waals surface area (Å²) in [6.45, 7) is 9.66. The normalized spacial score (nSPS) is 19.5. The fraction of sp³-hybridized carbons (Fsp3) is 0.522. The molecule has 0 saturated heterocycles. The maximum absolute atomic E-state index is 11.8. The number of aryl methyl sites for hydroxylation is 1. The Morgan fingerprint density at radius 2 is 2.07 bits per heavy atom. The number of benzene rings is 1. The zero-order valence-electron chi connectivity index (χ0n) is 16.8. The van der Waals surface area contributed by atoms with Gasteiger partial charge in [0.15, 0.2) is 0 Å². The summed E-state index contributed by atoms with van der Waals surface area (Å²) in [5, 5.41) is 20.0. The Kier molecular flexibility index (Phi) is 7.66. The Labute approximate surface area is 162 Å². The predicted molar refractivity (Wildman–Crippen MR) is 108 cm³/mol. The fourth-order valence-electron chi connectivity index (χ4n) is 3.87. The third kappa shape index (κ3) is 5.46. The Morgan fingerprint density at radius 3 is 2.70 bits per heavy atom. The number of rotatable bonds is 8. The van der Waals surface area contributed by atoms with Gasteiger partial charge in [-0.2, -0.15) is 0 Å². The molecule has 2 unspecified atom stereocenters. The lowest BCUT2D eigenvalue weighted by Gasteiger charge is -2.32. The number of hydrogen-bond donors (Lipinski definition) is 2. The molecule has 4 heteroatoms. The molecule has 27 heavy (non-hydrogen) atoms. The monoisotopic (exact) mass is 372 g/mol. The van der Waals surface area contributed by atoms with Crippen molar-refractivity contribution in [3.63, 3.8) is 0 Å². The Morgan fingerprint density at radius 1 is 1.33 bits per heavy atom. The molecule has 1 aromatic carbocycles. The van der Waals surface area contributed by atoms with Crippen LogP contribution >= 0.6 is 0 Å². The summed E-state index contributed by atoms with van der Waals surface area (Å²) in [7, 11) is 0. The molecule has 2 rings (SSSR count). The predicted octanol–water partition coefficient (Wildman–Crippen LogP) is 5.04. The van der Waals surface area contributed by atoms with Crippen LogP contribution in [0.4, 0.5) is 0 Å². The average Bonchev–Trinajstić information content (AvgIpc) is 2.61. The highest BCUT2D eigenvalue weighted by atomic mass is 16.5. The second-order valence-corrected chi connectivity index (χ2v) is 7.65. The lowest BCUT2D eigenvalue weighted by molar-refractivity contribution is -0.137. The van der Waals surface area contributed by atoms with Crippen LogP contribution in [0.5, 0.6) is 11.5 Å². The molecule has 0 bridgehead atoms. The van der Waals surface area contributed by atoms with Crippen LogP contribution in [0.1, 0.15) is 69.9 Å². The first-order chi connectivity index (χ1) is 12.9. The van der Waals surface area contributed by atoms with E-state index in [9.17, 15) is 9.90 Å². The topological polar surface area (TPSA) is 66.8 Å². The number of aliphatic hydroxyl groups is 1. The van der Waals surface area contributed by atoms with Gasteiger partial charge in [-0.15, -0.1) is 0 Å². The van der Waals surface area contributed by atoms with E-state index in [1.54, 1.807) is 6.07 Å². The van der Waals surface area contributed by atoms with Crippen molar-refractivity contribution in [1.29, 1.82) is 0 Å². The summed E-state index contributed by atoms with van der Waals surface area (Å²) in [6.07, 6.45) is 8.14. The summed E-state index contributed by atoms with van der Waals surface area (Å²) in [5.41, 5.74) is 3.86. The standard InChI is InChI=1S/C23H32O4/c1-5-6-7-8-17-12-20(25)23(21(13-17)27-22(26)14-24)19-11-16(4)9-10-18(19)15(2)3/h11-13,18-19,24-25H,2,5-10,14H2,1,3-4H3. The highest BCUT2D eigenvalue weighted by molar-refractivity contribution is 5.74. The summed E-state index contributed by atoms with van der Waals surface area (Å²) in [4.78, 5) is 11.8. The summed E-state index contributed by atoms with van der Waals surface area (Å²) in [6, 6.07) is 3.63. The van der Waals surface area contributed by atoms with Crippen LogP contribution in [0.2, 0.25) is 0 Å². The Balaban J connectivity index is 2.50. The highest BCUT2D eigenvalue weighted by Crippen LogP contribution is 2.47. The van der Waals surface area contributed by atoms with E-state index in [0.29, 0.717) is 11.3 Å². The number of phenolic OH excluding ortho intramolecular Hbond substituents is 1.